The van der Waals surface area contributed by atoms with Crippen molar-refractivity contribution in [3.8, 4) is 5.75 Å². The molecule has 0 bridgehead atoms. The number of H-pyrrole nitrogens is 1. The molecule has 0 spiro atoms. The minimum atomic E-state index is -1.35. The van der Waals surface area contributed by atoms with Gasteiger partial charge in [-0.15, -0.1) is 0 Å². The number of carbonyl (C=O) groups excluding carboxylic acids is 2. The highest BCUT2D eigenvalue weighted by molar-refractivity contribution is 9.11. The fourth-order valence-corrected chi connectivity index (χ4v) is 6.12. The number of carbonyl (C=O) groups is 2. The Kier molecular flexibility index (Phi) is 7.21. The number of cyclic esters (lactones) is 2. The fourth-order valence-electron chi connectivity index (χ4n) is 4.67. The van der Waals surface area contributed by atoms with Crippen LogP contribution in [0.2, 0.25) is 0 Å². The zero-order valence-corrected chi connectivity index (χ0v) is 23.9. The number of halogens is 2. The van der Waals surface area contributed by atoms with Gasteiger partial charge in [0.15, 0.2) is 5.92 Å². The molecule has 1 aliphatic heterocycles. The summed E-state index contributed by atoms with van der Waals surface area (Å²) >= 11 is 7.14. The van der Waals surface area contributed by atoms with Crippen LogP contribution in [0.3, 0.4) is 0 Å². The first-order valence-corrected chi connectivity index (χ1v) is 13.5. The molecular weight excluding hydrogens is 636 g/mol. The number of benzene rings is 3. The van der Waals surface area contributed by atoms with Crippen LogP contribution in [-0.2, 0) is 25.7 Å². The van der Waals surface area contributed by atoms with Gasteiger partial charge in [-0.1, -0.05) is 18.2 Å². The molecule has 39 heavy (non-hydrogen) atoms. The Hall–Kier alpha value is -3.70. The van der Waals surface area contributed by atoms with E-state index >= 15 is 0 Å². The summed E-state index contributed by atoms with van der Waals surface area (Å²) in [5, 5.41) is 11.8. The van der Waals surface area contributed by atoms with Crippen LogP contribution in [0.4, 0.5) is 5.69 Å². The van der Waals surface area contributed by atoms with E-state index in [-0.39, 0.29) is 12.3 Å². The number of nitrogens with one attached hydrogen (secondary N) is 1. The molecule has 11 heteroatoms. The molecule has 1 aliphatic rings. The second-order valence-electron chi connectivity index (χ2n) is 9.51. The van der Waals surface area contributed by atoms with Gasteiger partial charge in [0, 0.05) is 49.0 Å². The summed E-state index contributed by atoms with van der Waals surface area (Å²) in [6.07, 6.45) is 1.79. The minimum Gasteiger partial charge on any atom is -0.487 e. The third-order valence-corrected chi connectivity index (χ3v) is 7.58. The normalized spacial score (nSPS) is 16.0. The third-order valence-electron chi connectivity index (χ3n) is 6.40. The smallest absolute Gasteiger partial charge is 0.324 e. The van der Waals surface area contributed by atoms with Crippen LogP contribution >= 0.6 is 31.9 Å². The number of non-ortho nitro benzene ring substituents is 1. The third kappa shape index (κ3) is 5.41. The van der Waals surface area contributed by atoms with Gasteiger partial charge in [0.05, 0.1) is 13.9 Å². The van der Waals surface area contributed by atoms with Crippen LogP contribution in [0.25, 0.3) is 10.9 Å². The lowest BCUT2D eigenvalue weighted by atomic mass is 9.80. The number of ether oxygens (including phenoxy) is 3. The Morgan fingerprint density at radius 1 is 1.03 bits per heavy atom. The molecule has 0 aliphatic carbocycles. The average molecular weight is 658 g/mol. The van der Waals surface area contributed by atoms with Gasteiger partial charge in [-0.3, -0.25) is 19.7 Å². The molecule has 1 fully saturated rings. The highest BCUT2D eigenvalue weighted by atomic mass is 79.9. The summed E-state index contributed by atoms with van der Waals surface area (Å²) in [6, 6.07) is 17.3. The number of nitro groups is 1. The van der Waals surface area contributed by atoms with E-state index in [1.165, 1.54) is 26.0 Å². The number of hydrogen-bond donors (Lipinski definition) is 1. The molecule has 1 aromatic heterocycles. The molecule has 0 radical (unpaired) electrons. The molecule has 9 nitrogen and oxygen atoms in total. The number of esters is 2. The Morgan fingerprint density at radius 2 is 1.64 bits per heavy atom. The first kappa shape index (κ1) is 26.9. The number of aromatic nitrogens is 1. The lowest BCUT2D eigenvalue weighted by molar-refractivity contribution is -0.384. The van der Waals surface area contributed by atoms with Crippen molar-refractivity contribution in [3.05, 3.63) is 103 Å². The van der Waals surface area contributed by atoms with Gasteiger partial charge in [-0.25, -0.2) is 0 Å². The average Bonchev–Trinajstić information content (AvgIpc) is 3.29. The van der Waals surface area contributed by atoms with E-state index < -0.39 is 34.5 Å². The van der Waals surface area contributed by atoms with Gasteiger partial charge in [0.1, 0.15) is 12.4 Å². The topological polar surface area (TPSA) is 121 Å². The summed E-state index contributed by atoms with van der Waals surface area (Å²) in [5.41, 5.74) is 2.99. The van der Waals surface area contributed by atoms with Gasteiger partial charge in [0.2, 0.25) is 0 Å². The SMILES string of the molecule is CC1(C)OC(=O)C([C@@H](c2cc(Br)c(OCc3ccc([N+](=O)[O-])cc3)c(Br)c2)c2c[nH]c3ccccc23)C(=O)O1. The Balaban J connectivity index is 1.52. The van der Waals surface area contributed by atoms with E-state index in [9.17, 15) is 19.7 Å². The predicted molar refractivity (Wildman–Crippen MR) is 149 cm³/mol. The molecule has 1 saturated heterocycles. The number of para-hydroxylation sites is 1. The number of hydrogen-bond acceptors (Lipinski definition) is 7. The molecule has 0 unspecified atom stereocenters. The van der Waals surface area contributed by atoms with Crippen LogP contribution in [0.5, 0.6) is 5.75 Å². The summed E-state index contributed by atoms with van der Waals surface area (Å²) in [7, 11) is 0. The molecule has 0 saturated carbocycles. The Morgan fingerprint density at radius 3 is 2.26 bits per heavy atom. The molecule has 1 N–H and O–H groups in total. The molecule has 2 heterocycles. The molecular formula is C28H22Br2N2O7. The summed E-state index contributed by atoms with van der Waals surface area (Å²) in [4.78, 5) is 40.1. The maximum absolute atomic E-state index is 13.2. The van der Waals surface area contributed by atoms with Crippen LogP contribution in [0.1, 0.15) is 36.5 Å². The lowest BCUT2D eigenvalue weighted by Crippen LogP contribution is -2.48. The number of fused-ring (bicyclic) bond motifs is 1. The van der Waals surface area contributed by atoms with Crippen molar-refractivity contribution >= 4 is 60.4 Å². The zero-order chi connectivity index (χ0) is 27.9. The van der Waals surface area contributed by atoms with Crippen molar-refractivity contribution < 1.29 is 28.7 Å². The van der Waals surface area contributed by atoms with E-state index in [1.54, 1.807) is 30.5 Å². The number of rotatable bonds is 7. The Labute approximate surface area is 239 Å². The van der Waals surface area contributed by atoms with Crippen LogP contribution in [0.15, 0.2) is 75.8 Å². The zero-order valence-electron chi connectivity index (χ0n) is 20.8. The first-order chi connectivity index (χ1) is 18.5. The molecule has 5 rings (SSSR count). The maximum Gasteiger partial charge on any atom is 0.324 e. The van der Waals surface area contributed by atoms with Gasteiger partial charge in [-0.2, -0.15) is 0 Å². The van der Waals surface area contributed by atoms with Gasteiger partial charge in [-0.05, 0) is 78.9 Å². The largest absolute Gasteiger partial charge is 0.487 e. The number of nitrogens with zero attached hydrogens (tertiary/aromatic N) is 1. The van der Waals surface area contributed by atoms with E-state index in [0.29, 0.717) is 20.3 Å². The number of nitro benzene ring substituents is 1. The van der Waals surface area contributed by atoms with Crippen molar-refractivity contribution in [1.82, 2.24) is 4.98 Å². The lowest BCUT2D eigenvalue weighted by Gasteiger charge is -2.36. The second-order valence-corrected chi connectivity index (χ2v) is 11.2. The molecule has 3 aromatic carbocycles. The molecule has 1 atom stereocenters. The van der Waals surface area contributed by atoms with Crippen molar-refractivity contribution in [2.45, 2.75) is 32.2 Å². The highest BCUT2D eigenvalue weighted by Crippen LogP contribution is 2.45. The van der Waals surface area contributed by atoms with Crippen LogP contribution < -0.4 is 4.74 Å². The number of aromatic amines is 1. The van der Waals surface area contributed by atoms with Crippen LogP contribution in [-0.4, -0.2) is 27.6 Å². The van der Waals surface area contributed by atoms with Crippen molar-refractivity contribution in [1.29, 1.82) is 0 Å². The van der Waals surface area contributed by atoms with E-state index in [1.807, 2.05) is 24.3 Å². The summed E-state index contributed by atoms with van der Waals surface area (Å²) in [5.74, 6) is -4.16. The predicted octanol–water partition coefficient (Wildman–Crippen LogP) is 6.76. The summed E-state index contributed by atoms with van der Waals surface area (Å²) in [6.45, 7) is 3.20. The second kappa shape index (κ2) is 10.5. The van der Waals surface area contributed by atoms with E-state index in [0.717, 1.165) is 22.0 Å². The molecule has 4 aromatic rings. The van der Waals surface area contributed by atoms with E-state index in [2.05, 4.69) is 36.8 Å². The van der Waals surface area contributed by atoms with E-state index in [4.69, 9.17) is 14.2 Å². The van der Waals surface area contributed by atoms with Crippen molar-refractivity contribution in [2.75, 3.05) is 0 Å². The maximum atomic E-state index is 13.2. The standard InChI is InChI=1S/C28H22Br2N2O7/c1-28(2)38-26(33)24(27(34)39-28)23(19-13-31-22-6-4-3-5-18(19)22)16-11-20(29)25(21(30)12-16)37-14-15-7-9-17(10-8-15)32(35)36/h3-13,23-24,31H,14H2,1-2H3/t23-/m0/s1. The van der Waals surface area contributed by atoms with Crippen LogP contribution in [0, 0.1) is 16.0 Å². The highest BCUT2D eigenvalue weighted by Gasteiger charge is 2.48. The van der Waals surface area contributed by atoms with Crippen molar-refractivity contribution in [3.63, 3.8) is 0 Å². The first-order valence-electron chi connectivity index (χ1n) is 11.9. The van der Waals surface area contributed by atoms with Crippen molar-refractivity contribution in [2.24, 2.45) is 5.92 Å². The molecule has 0 amide bonds. The molecule has 200 valence electrons. The summed E-state index contributed by atoms with van der Waals surface area (Å²) < 4.78 is 18.1. The fraction of sp³-hybridized carbons (Fsp3) is 0.214. The van der Waals surface area contributed by atoms with Gasteiger partial charge in [0.25, 0.3) is 11.5 Å². The minimum absolute atomic E-state index is 0.00283. The quantitative estimate of drug-likeness (QED) is 0.101. The Bertz CT molecular complexity index is 1550. The van der Waals surface area contributed by atoms with Gasteiger partial charge < -0.3 is 19.2 Å². The monoisotopic (exact) mass is 656 g/mol. The van der Waals surface area contributed by atoms with Gasteiger partial charge >= 0.3 is 11.9 Å².